The maximum Gasteiger partial charge on any atom is 0.282 e. The fraction of sp³-hybridized carbons (Fsp3) is 0.286. The third-order valence-corrected chi connectivity index (χ3v) is 5.55. The predicted molar refractivity (Wildman–Crippen MR) is 105 cm³/mol. The van der Waals surface area contributed by atoms with Gasteiger partial charge in [0.1, 0.15) is 11.6 Å². The van der Waals surface area contributed by atoms with Crippen LogP contribution in [-0.2, 0) is 11.2 Å². The number of nitrogens with zero attached hydrogens (tertiary/aromatic N) is 3. The Balaban J connectivity index is 1.70. The van der Waals surface area contributed by atoms with Gasteiger partial charge in [-0.25, -0.2) is 0 Å². The molecule has 0 aromatic heterocycles. The van der Waals surface area contributed by atoms with Crippen molar-refractivity contribution in [1.82, 2.24) is 4.90 Å². The molecule has 2 aliphatic rings. The maximum absolute atomic E-state index is 13.3. The van der Waals surface area contributed by atoms with E-state index < -0.39 is 28.5 Å². The van der Waals surface area contributed by atoms with E-state index in [9.17, 15) is 24.5 Å². The number of amides is 3. The largest absolute Gasteiger partial charge is 0.310 e. The number of benzene rings is 2. The van der Waals surface area contributed by atoms with Crippen LogP contribution in [0.15, 0.2) is 36.4 Å². The standard InChI is InChI=1S/C21H19N3O5/c1-12-6-3-7-14-8-5-11-22(18(12)14)19(25)13(2)23-20(26)15-9-4-10-16(24(28)29)17(15)21(23)27/h3-4,6-7,9-10,13H,5,8,11H2,1-2H3/t13-/m0/s1. The minimum absolute atomic E-state index is 0.0425. The van der Waals surface area contributed by atoms with Crippen molar-refractivity contribution in [3.8, 4) is 0 Å². The summed E-state index contributed by atoms with van der Waals surface area (Å²) in [5.41, 5.74) is 2.09. The van der Waals surface area contributed by atoms with Crippen LogP contribution < -0.4 is 4.90 Å². The van der Waals surface area contributed by atoms with Gasteiger partial charge in [-0.2, -0.15) is 0 Å². The van der Waals surface area contributed by atoms with Crippen LogP contribution in [-0.4, -0.2) is 40.1 Å². The summed E-state index contributed by atoms with van der Waals surface area (Å²) in [7, 11) is 0. The number of nitro groups is 1. The van der Waals surface area contributed by atoms with E-state index in [2.05, 4.69) is 0 Å². The van der Waals surface area contributed by atoms with E-state index in [1.54, 1.807) is 4.90 Å². The second-order valence-corrected chi connectivity index (χ2v) is 7.29. The number of para-hydroxylation sites is 1. The van der Waals surface area contributed by atoms with Gasteiger partial charge in [0.2, 0.25) is 5.91 Å². The van der Waals surface area contributed by atoms with Gasteiger partial charge in [-0.3, -0.25) is 29.4 Å². The van der Waals surface area contributed by atoms with Gasteiger partial charge in [-0.15, -0.1) is 0 Å². The van der Waals surface area contributed by atoms with Crippen molar-refractivity contribution in [3.63, 3.8) is 0 Å². The van der Waals surface area contributed by atoms with Gasteiger partial charge in [0.15, 0.2) is 0 Å². The lowest BCUT2D eigenvalue weighted by Gasteiger charge is -2.34. The summed E-state index contributed by atoms with van der Waals surface area (Å²) < 4.78 is 0. The number of hydrogen-bond donors (Lipinski definition) is 0. The van der Waals surface area contributed by atoms with Crippen molar-refractivity contribution in [3.05, 3.63) is 68.8 Å². The summed E-state index contributed by atoms with van der Waals surface area (Å²) in [6.45, 7) is 3.90. The summed E-state index contributed by atoms with van der Waals surface area (Å²) in [5, 5.41) is 11.3. The van der Waals surface area contributed by atoms with Gasteiger partial charge >= 0.3 is 0 Å². The molecular weight excluding hydrogens is 374 g/mol. The van der Waals surface area contributed by atoms with Crippen LogP contribution in [0.2, 0.25) is 0 Å². The SMILES string of the molecule is Cc1cccc2c1N(C(=O)[C@H](C)N1C(=O)c3cccc([N+](=O)[O-])c3C1=O)CCC2. The molecule has 0 aliphatic carbocycles. The van der Waals surface area contributed by atoms with E-state index in [0.29, 0.717) is 6.54 Å². The molecule has 0 saturated heterocycles. The Morgan fingerprint density at radius 3 is 2.59 bits per heavy atom. The van der Waals surface area contributed by atoms with Crippen LogP contribution in [0.25, 0.3) is 0 Å². The number of nitro benzene ring substituents is 1. The molecule has 8 heteroatoms. The van der Waals surface area contributed by atoms with Crippen LogP contribution in [0.4, 0.5) is 11.4 Å². The quantitative estimate of drug-likeness (QED) is 0.453. The molecule has 0 spiro atoms. The Kier molecular flexibility index (Phi) is 4.41. The first-order chi connectivity index (χ1) is 13.8. The van der Waals surface area contributed by atoms with Gasteiger partial charge in [-0.1, -0.05) is 24.3 Å². The topological polar surface area (TPSA) is 101 Å². The molecule has 1 atom stereocenters. The van der Waals surface area contributed by atoms with Crippen molar-refractivity contribution in [2.75, 3.05) is 11.4 Å². The van der Waals surface area contributed by atoms with E-state index >= 15 is 0 Å². The summed E-state index contributed by atoms with van der Waals surface area (Å²) in [6.07, 6.45) is 1.64. The number of carbonyl (C=O) groups excluding carboxylic acids is 3. The van der Waals surface area contributed by atoms with Crippen LogP contribution in [0.5, 0.6) is 0 Å². The molecule has 0 bridgehead atoms. The normalized spacial score (nSPS) is 16.5. The smallest absolute Gasteiger partial charge is 0.282 e. The Hall–Kier alpha value is -3.55. The molecule has 0 unspecified atom stereocenters. The van der Waals surface area contributed by atoms with Crippen molar-refractivity contribution in [2.24, 2.45) is 0 Å². The molecule has 0 fully saturated rings. The first-order valence-electron chi connectivity index (χ1n) is 9.38. The molecule has 2 aromatic carbocycles. The average Bonchev–Trinajstić information content (AvgIpc) is 2.97. The molecule has 2 heterocycles. The van der Waals surface area contributed by atoms with Crippen LogP contribution in [0.1, 0.15) is 45.2 Å². The van der Waals surface area contributed by atoms with Gasteiger partial charge in [-0.05, 0) is 43.9 Å². The lowest BCUT2D eigenvalue weighted by atomic mass is 9.97. The molecule has 148 valence electrons. The molecule has 2 aromatic rings. The zero-order chi connectivity index (χ0) is 20.9. The van der Waals surface area contributed by atoms with E-state index in [-0.39, 0.29) is 17.0 Å². The number of anilines is 1. The predicted octanol–water partition coefficient (Wildman–Crippen LogP) is 2.87. The van der Waals surface area contributed by atoms with Gasteiger partial charge in [0.25, 0.3) is 17.5 Å². The molecule has 0 radical (unpaired) electrons. The maximum atomic E-state index is 13.3. The van der Waals surface area contributed by atoms with Gasteiger partial charge in [0, 0.05) is 18.3 Å². The molecule has 4 rings (SSSR count). The number of rotatable bonds is 3. The Bertz CT molecular complexity index is 1080. The Labute approximate surface area is 166 Å². The summed E-state index contributed by atoms with van der Waals surface area (Å²) in [4.78, 5) is 52.1. The van der Waals surface area contributed by atoms with E-state index in [1.807, 2.05) is 25.1 Å². The van der Waals surface area contributed by atoms with Gasteiger partial charge < -0.3 is 4.90 Å². The van der Waals surface area contributed by atoms with E-state index in [0.717, 1.165) is 34.6 Å². The first kappa shape index (κ1) is 18.8. The number of imide groups is 1. The highest BCUT2D eigenvalue weighted by molar-refractivity contribution is 6.25. The van der Waals surface area contributed by atoms with Crippen LogP contribution in [0.3, 0.4) is 0 Å². The molecule has 8 nitrogen and oxygen atoms in total. The fourth-order valence-electron chi connectivity index (χ4n) is 4.19. The van der Waals surface area contributed by atoms with Crippen molar-refractivity contribution in [2.45, 2.75) is 32.7 Å². The van der Waals surface area contributed by atoms with E-state index in [4.69, 9.17) is 0 Å². The van der Waals surface area contributed by atoms with Crippen molar-refractivity contribution in [1.29, 1.82) is 0 Å². The highest BCUT2D eigenvalue weighted by Gasteiger charge is 2.46. The molecule has 2 aliphatic heterocycles. The second-order valence-electron chi connectivity index (χ2n) is 7.29. The minimum Gasteiger partial charge on any atom is -0.310 e. The number of carbonyl (C=O) groups is 3. The lowest BCUT2D eigenvalue weighted by Crippen LogP contribution is -2.51. The summed E-state index contributed by atoms with van der Waals surface area (Å²) in [6, 6.07) is 8.67. The molecule has 29 heavy (non-hydrogen) atoms. The highest BCUT2D eigenvalue weighted by atomic mass is 16.6. The Morgan fingerprint density at radius 2 is 1.86 bits per heavy atom. The minimum atomic E-state index is -1.08. The lowest BCUT2D eigenvalue weighted by molar-refractivity contribution is -0.385. The average molecular weight is 393 g/mol. The van der Waals surface area contributed by atoms with Crippen LogP contribution >= 0.6 is 0 Å². The van der Waals surface area contributed by atoms with Crippen molar-refractivity contribution < 1.29 is 19.3 Å². The number of aryl methyl sites for hydroxylation is 2. The number of fused-ring (bicyclic) bond motifs is 2. The third kappa shape index (κ3) is 2.79. The fourth-order valence-corrected chi connectivity index (χ4v) is 4.19. The van der Waals surface area contributed by atoms with Crippen LogP contribution in [0, 0.1) is 17.0 Å². The second kappa shape index (κ2) is 6.80. The summed E-state index contributed by atoms with van der Waals surface area (Å²) in [5.74, 6) is -1.87. The number of hydrogen-bond acceptors (Lipinski definition) is 5. The first-order valence-corrected chi connectivity index (χ1v) is 9.38. The molecular formula is C21H19N3O5. The zero-order valence-electron chi connectivity index (χ0n) is 16.0. The zero-order valence-corrected chi connectivity index (χ0v) is 16.0. The molecule has 0 saturated carbocycles. The Morgan fingerprint density at radius 1 is 1.14 bits per heavy atom. The molecule has 3 amide bonds. The van der Waals surface area contributed by atoms with Gasteiger partial charge in [0.05, 0.1) is 10.5 Å². The van der Waals surface area contributed by atoms with Crippen molar-refractivity contribution >= 4 is 29.1 Å². The molecule has 0 N–H and O–H groups in total. The van der Waals surface area contributed by atoms with E-state index in [1.165, 1.54) is 25.1 Å². The monoisotopic (exact) mass is 393 g/mol. The summed E-state index contributed by atoms with van der Waals surface area (Å²) >= 11 is 0. The third-order valence-electron chi connectivity index (χ3n) is 5.55. The highest BCUT2D eigenvalue weighted by Crippen LogP contribution is 2.34.